The van der Waals surface area contributed by atoms with Crippen LogP contribution >= 0.6 is 10.8 Å². The van der Waals surface area contributed by atoms with Crippen molar-refractivity contribution in [2.75, 3.05) is 0 Å². The molecule has 0 aliphatic rings. The largest absolute Gasteiger partial charge is 0.590 e. The molecule has 2 aromatic rings. The van der Waals surface area contributed by atoms with Gasteiger partial charge in [0.2, 0.25) is 0 Å². The molecule has 2 rings (SSSR count). The van der Waals surface area contributed by atoms with Gasteiger partial charge < -0.3 is 4.55 Å². The van der Waals surface area contributed by atoms with E-state index in [4.69, 9.17) is 0 Å². The summed E-state index contributed by atoms with van der Waals surface area (Å²) in [4.78, 5) is 4.03. The number of fused-ring (bicyclic) bond motifs is 1. The van der Waals surface area contributed by atoms with Crippen molar-refractivity contribution in [3.8, 4) is 0 Å². The molecule has 3 heteroatoms. The van der Waals surface area contributed by atoms with E-state index in [0.717, 1.165) is 10.2 Å². The average molecular weight is 151 g/mol. The predicted molar refractivity (Wildman–Crippen MR) is 40.4 cm³/mol. The van der Waals surface area contributed by atoms with Crippen LogP contribution in [-0.4, -0.2) is 9.54 Å². The Kier molecular flexibility index (Phi) is 1.19. The fourth-order valence-corrected chi connectivity index (χ4v) is 1.84. The first-order valence-corrected chi connectivity index (χ1v) is 4.13. The lowest BCUT2D eigenvalue weighted by atomic mass is 10.4. The monoisotopic (exact) mass is 151 g/mol. The van der Waals surface area contributed by atoms with Crippen LogP contribution in [0.5, 0.6) is 0 Å². The van der Waals surface area contributed by atoms with Gasteiger partial charge in [0.1, 0.15) is 10.9 Å². The first-order chi connectivity index (χ1) is 4.88. The van der Waals surface area contributed by atoms with Gasteiger partial charge in [0.15, 0.2) is 4.70 Å². The molecule has 0 amide bonds. The summed E-state index contributed by atoms with van der Waals surface area (Å²) in [5, 5.41) is 1.65. The third kappa shape index (κ3) is 0.716. The molecule has 0 radical (unpaired) electrons. The highest BCUT2D eigenvalue weighted by atomic mass is 32.2. The molecule has 0 spiro atoms. The van der Waals surface area contributed by atoms with Gasteiger partial charge in [-0.1, -0.05) is 0 Å². The summed E-state index contributed by atoms with van der Waals surface area (Å²) in [5.41, 5.74) is 0.834. The van der Waals surface area contributed by atoms with Crippen molar-refractivity contribution < 1.29 is 4.55 Å². The summed E-state index contributed by atoms with van der Waals surface area (Å²) in [5.74, 6) is 0. The van der Waals surface area contributed by atoms with Crippen LogP contribution in [0.1, 0.15) is 0 Å². The standard InChI is InChI=1S/C7H5NOS/c9-10-5-3-6-7(10)2-1-4-8-6/h1-5H. The van der Waals surface area contributed by atoms with Gasteiger partial charge >= 0.3 is 0 Å². The van der Waals surface area contributed by atoms with E-state index in [-0.39, 0.29) is 0 Å². The molecule has 0 N–H and O–H groups in total. The van der Waals surface area contributed by atoms with Crippen LogP contribution < -0.4 is 0 Å². The van der Waals surface area contributed by atoms with Crippen LogP contribution in [0.3, 0.4) is 0 Å². The zero-order chi connectivity index (χ0) is 6.97. The van der Waals surface area contributed by atoms with Crippen molar-refractivity contribution in [3.63, 3.8) is 0 Å². The number of thiophene rings is 1. The molecule has 2 heterocycles. The van der Waals surface area contributed by atoms with Gasteiger partial charge in [0.05, 0.1) is 0 Å². The summed E-state index contributed by atoms with van der Waals surface area (Å²) in [7, 11) is -0.941. The molecule has 0 aromatic carbocycles. The van der Waals surface area contributed by atoms with Crippen LogP contribution in [0.2, 0.25) is 0 Å². The number of pyridine rings is 1. The molecule has 1 atom stereocenters. The van der Waals surface area contributed by atoms with Crippen molar-refractivity contribution in [1.82, 2.24) is 4.98 Å². The van der Waals surface area contributed by atoms with Gasteiger partial charge in [-0.05, 0) is 16.8 Å². The summed E-state index contributed by atoms with van der Waals surface area (Å²) in [6.45, 7) is 0. The molecule has 0 saturated carbocycles. The Balaban J connectivity index is 2.93. The molecule has 2 nitrogen and oxygen atoms in total. The molecule has 1 unspecified atom stereocenters. The first-order valence-electron chi connectivity index (χ1n) is 2.92. The van der Waals surface area contributed by atoms with E-state index in [1.165, 1.54) is 0 Å². The highest BCUT2D eigenvalue weighted by Crippen LogP contribution is 2.25. The lowest BCUT2D eigenvalue weighted by molar-refractivity contribution is 0.600. The maximum atomic E-state index is 11.0. The Morgan fingerprint density at radius 2 is 2.30 bits per heavy atom. The lowest BCUT2D eigenvalue weighted by Crippen LogP contribution is -1.67. The Morgan fingerprint density at radius 3 is 3.10 bits per heavy atom. The summed E-state index contributed by atoms with van der Waals surface area (Å²) >= 11 is 0. The van der Waals surface area contributed by atoms with Crippen LogP contribution in [0.15, 0.2) is 29.8 Å². The molecule has 0 aliphatic carbocycles. The quantitative estimate of drug-likeness (QED) is 0.539. The van der Waals surface area contributed by atoms with E-state index in [9.17, 15) is 4.55 Å². The summed E-state index contributed by atoms with van der Waals surface area (Å²) < 4.78 is 11.9. The van der Waals surface area contributed by atoms with Crippen molar-refractivity contribution in [3.05, 3.63) is 29.8 Å². The SMILES string of the molecule is [O-][s+]1ccc2ncccc21. The van der Waals surface area contributed by atoms with Crippen molar-refractivity contribution in [2.45, 2.75) is 0 Å². The zero-order valence-electron chi connectivity index (χ0n) is 5.15. The number of hydrogen-bond acceptors (Lipinski definition) is 2. The van der Waals surface area contributed by atoms with Crippen LogP contribution in [0.25, 0.3) is 10.2 Å². The van der Waals surface area contributed by atoms with Gasteiger partial charge in [-0.25, -0.2) is 0 Å². The molecular formula is C7H5NOS. The molecule has 2 aromatic heterocycles. The Morgan fingerprint density at radius 1 is 1.40 bits per heavy atom. The third-order valence-corrected chi connectivity index (χ3v) is 2.53. The molecule has 50 valence electrons. The molecular weight excluding hydrogens is 146 g/mol. The van der Waals surface area contributed by atoms with Crippen molar-refractivity contribution in [2.24, 2.45) is 0 Å². The van der Waals surface area contributed by atoms with E-state index < -0.39 is 10.8 Å². The van der Waals surface area contributed by atoms with E-state index in [2.05, 4.69) is 4.98 Å². The van der Waals surface area contributed by atoms with Gasteiger partial charge in [0.25, 0.3) is 0 Å². The second-order valence-electron chi connectivity index (χ2n) is 1.99. The minimum Gasteiger partial charge on any atom is -0.590 e. The Hall–Kier alpha value is -0.930. The second-order valence-corrected chi connectivity index (χ2v) is 3.29. The molecule has 10 heavy (non-hydrogen) atoms. The fourth-order valence-electron chi connectivity index (χ4n) is 0.898. The second kappa shape index (κ2) is 2.04. The van der Waals surface area contributed by atoms with Crippen molar-refractivity contribution >= 4 is 21.0 Å². The number of aromatic nitrogens is 1. The summed E-state index contributed by atoms with van der Waals surface area (Å²) in [6, 6.07) is 5.41. The van der Waals surface area contributed by atoms with Gasteiger partial charge in [0, 0.05) is 18.3 Å². The topological polar surface area (TPSA) is 36.0 Å². The Bertz CT molecular complexity index is 355. The zero-order valence-corrected chi connectivity index (χ0v) is 5.97. The number of hydrogen-bond donors (Lipinski definition) is 0. The number of rotatable bonds is 0. The maximum Gasteiger partial charge on any atom is 0.198 e. The fraction of sp³-hybridized carbons (Fsp3) is 0. The lowest BCUT2D eigenvalue weighted by Gasteiger charge is -1.86. The van der Waals surface area contributed by atoms with E-state index in [1.807, 2.05) is 6.07 Å². The van der Waals surface area contributed by atoms with Crippen molar-refractivity contribution in [1.29, 1.82) is 0 Å². The number of nitrogens with zero attached hydrogens (tertiary/aromatic N) is 1. The summed E-state index contributed by atoms with van der Waals surface area (Å²) in [6.07, 6.45) is 1.70. The molecule has 0 bridgehead atoms. The van der Waals surface area contributed by atoms with Crippen LogP contribution in [0, 0.1) is 0 Å². The van der Waals surface area contributed by atoms with Gasteiger partial charge in [-0.15, -0.1) is 0 Å². The molecule has 0 aliphatic heterocycles. The first kappa shape index (κ1) is 5.82. The van der Waals surface area contributed by atoms with Crippen LogP contribution in [0.4, 0.5) is 0 Å². The molecule has 0 fully saturated rings. The minimum atomic E-state index is -0.941. The highest BCUT2D eigenvalue weighted by molar-refractivity contribution is 7.29. The smallest absolute Gasteiger partial charge is 0.198 e. The normalized spacial score (nSPS) is 12.3. The van der Waals surface area contributed by atoms with Crippen LogP contribution in [-0.2, 0) is 0 Å². The van der Waals surface area contributed by atoms with E-state index in [0.29, 0.717) is 0 Å². The highest BCUT2D eigenvalue weighted by Gasteiger charge is 2.02. The molecule has 0 saturated heterocycles. The van der Waals surface area contributed by atoms with E-state index >= 15 is 0 Å². The maximum absolute atomic E-state index is 11.0. The average Bonchev–Trinajstić information content (AvgIpc) is 2.34. The third-order valence-electron chi connectivity index (χ3n) is 1.37. The van der Waals surface area contributed by atoms with Gasteiger partial charge in [-0.2, -0.15) is 0 Å². The predicted octanol–water partition coefficient (Wildman–Crippen LogP) is 1.96. The Labute approximate surface area is 60.9 Å². The van der Waals surface area contributed by atoms with Gasteiger partial charge in [-0.3, -0.25) is 4.98 Å². The minimum absolute atomic E-state index is 0.822. The van der Waals surface area contributed by atoms with E-state index in [1.54, 1.807) is 23.7 Å².